The smallest absolute Gasteiger partial charge is 0.290 e. The molecule has 2 aromatic rings. The molecule has 7 heteroatoms. The van der Waals surface area contributed by atoms with Crippen LogP contribution in [0, 0.1) is 11.6 Å². The number of amides is 1. The lowest BCUT2D eigenvalue weighted by Crippen LogP contribution is -2.24. The Morgan fingerprint density at radius 3 is 2.52 bits per heavy atom. The molecule has 1 aliphatic heterocycles. The van der Waals surface area contributed by atoms with E-state index in [1.54, 1.807) is 0 Å². The summed E-state index contributed by atoms with van der Waals surface area (Å²) in [6.45, 7) is -0.250. The van der Waals surface area contributed by atoms with E-state index in [1.807, 2.05) is 37.2 Å². The normalized spacial score (nSPS) is 15.4. The van der Waals surface area contributed by atoms with Crippen molar-refractivity contribution in [3.8, 4) is 0 Å². The largest absolute Gasteiger partial charge is 0.483 e. The maximum Gasteiger partial charge on any atom is 0.290 e. The average molecular weight is 348 g/mol. The fraction of sp³-hybridized carbons (Fsp3) is 0.222. The van der Waals surface area contributed by atoms with Crippen LogP contribution in [-0.2, 0) is 9.59 Å². The monoisotopic (exact) mass is 348 g/mol. The molecular formula is C18H18F2N2O3. The molecule has 3 rings (SSSR count). The molecule has 0 saturated heterocycles. The van der Waals surface area contributed by atoms with E-state index < -0.39 is 17.6 Å². The molecule has 0 bridgehead atoms. The van der Waals surface area contributed by atoms with Crippen molar-refractivity contribution in [1.82, 2.24) is 0 Å². The van der Waals surface area contributed by atoms with Crippen LogP contribution >= 0.6 is 0 Å². The molecule has 0 saturated carbocycles. The summed E-state index contributed by atoms with van der Waals surface area (Å²) in [5.74, 6) is -2.45. The number of nitrogens with zero attached hydrogens (tertiary/aromatic N) is 1. The van der Waals surface area contributed by atoms with E-state index in [1.165, 1.54) is 12.1 Å². The van der Waals surface area contributed by atoms with Gasteiger partial charge >= 0.3 is 0 Å². The zero-order valence-corrected chi connectivity index (χ0v) is 13.8. The van der Waals surface area contributed by atoms with Gasteiger partial charge < -0.3 is 15.3 Å². The number of halogens is 2. The Bertz CT molecular complexity index is 794. The summed E-state index contributed by atoms with van der Waals surface area (Å²) >= 11 is 0. The maximum atomic E-state index is 14.1. The highest BCUT2D eigenvalue weighted by molar-refractivity contribution is 5.96. The minimum Gasteiger partial charge on any atom is -0.483 e. The zero-order chi connectivity index (χ0) is 18.6. The first-order valence-corrected chi connectivity index (χ1v) is 7.52. The second-order valence-electron chi connectivity index (χ2n) is 5.72. The number of carbonyl (C=O) groups excluding carboxylic acids is 1. The molecule has 1 heterocycles. The topological polar surface area (TPSA) is 69.6 Å². The van der Waals surface area contributed by atoms with Gasteiger partial charge in [0.2, 0.25) is 5.91 Å². The quantitative estimate of drug-likeness (QED) is 0.818. The molecule has 1 unspecified atom stereocenters. The first kappa shape index (κ1) is 18.4. The molecular weight excluding hydrogens is 330 g/mol. The molecule has 0 spiro atoms. The minimum atomic E-state index is -0.894. The summed E-state index contributed by atoms with van der Waals surface area (Å²) in [7, 11) is 3.80. The van der Waals surface area contributed by atoms with Crippen molar-refractivity contribution in [2.24, 2.45) is 0 Å². The van der Waals surface area contributed by atoms with Gasteiger partial charge in [-0.3, -0.25) is 9.59 Å². The first-order chi connectivity index (χ1) is 11.9. The predicted octanol–water partition coefficient (Wildman–Crippen LogP) is 3.21. The van der Waals surface area contributed by atoms with Crippen LogP contribution in [0.4, 0.5) is 20.2 Å². The van der Waals surface area contributed by atoms with Crippen molar-refractivity contribution in [1.29, 1.82) is 0 Å². The molecule has 0 aliphatic carbocycles. The minimum absolute atomic E-state index is 0.106. The predicted molar refractivity (Wildman–Crippen MR) is 90.9 cm³/mol. The summed E-state index contributed by atoms with van der Waals surface area (Å²) in [4.78, 5) is 22.2. The third-order valence-corrected chi connectivity index (χ3v) is 3.95. The summed E-state index contributed by atoms with van der Waals surface area (Å²) in [6, 6.07) is 9.69. The van der Waals surface area contributed by atoms with Gasteiger partial charge in [-0.15, -0.1) is 0 Å². The number of rotatable bonds is 2. The summed E-state index contributed by atoms with van der Waals surface area (Å²) in [6.07, 6.45) is 0.106. The summed E-state index contributed by atoms with van der Waals surface area (Å²) in [5, 5.41) is 9.70. The van der Waals surface area contributed by atoms with Crippen LogP contribution in [-0.4, -0.2) is 31.6 Å². The summed E-state index contributed by atoms with van der Waals surface area (Å²) in [5.41, 5.74) is 2.60. The first-order valence-electron chi connectivity index (χ1n) is 7.52. The molecule has 132 valence electrons. The second kappa shape index (κ2) is 7.74. The van der Waals surface area contributed by atoms with Crippen molar-refractivity contribution < 1.29 is 23.5 Å². The van der Waals surface area contributed by atoms with Gasteiger partial charge in [-0.1, -0.05) is 18.2 Å². The van der Waals surface area contributed by atoms with E-state index in [4.69, 9.17) is 9.90 Å². The van der Waals surface area contributed by atoms with E-state index in [0.29, 0.717) is 5.69 Å². The van der Waals surface area contributed by atoms with Crippen LogP contribution in [0.1, 0.15) is 23.5 Å². The Balaban J connectivity index is 0.000000701. The van der Waals surface area contributed by atoms with Crippen molar-refractivity contribution >= 4 is 23.8 Å². The molecule has 2 aromatic carbocycles. The number of hydrogen-bond donors (Lipinski definition) is 2. The van der Waals surface area contributed by atoms with E-state index in [2.05, 4.69) is 5.32 Å². The van der Waals surface area contributed by atoms with E-state index in [-0.39, 0.29) is 24.4 Å². The number of fused-ring (bicyclic) bond motifs is 1. The van der Waals surface area contributed by atoms with Gasteiger partial charge in [-0.25, -0.2) is 8.78 Å². The fourth-order valence-corrected chi connectivity index (χ4v) is 2.80. The van der Waals surface area contributed by atoms with Crippen LogP contribution in [0.25, 0.3) is 0 Å². The molecule has 0 fully saturated rings. The van der Waals surface area contributed by atoms with Gasteiger partial charge in [-0.2, -0.15) is 0 Å². The Hall–Kier alpha value is -2.96. The SMILES string of the molecule is CN(C)c1ccc2c(c1)NC(=O)CC2c1cccc(F)c1F.O=CO. The van der Waals surface area contributed by atoms with Crippen molar-refractivity contribution in [2.75, 3.05) is 24.3 Å². The van der Waals surface area contributed by atoms with Crippen LogP contribution in [0.3, 0.4) is 0 Å². The zero-order valence-electron chi connectivity index (χ0n) is 13.8. The lowest BCUT2D eigenvalue weighted by Gasteiger charge is -2.27. The van der Waals surface area contributed by atoms with Crippen molar-refractivity contribution in [3.05, 3.63) is 59.2 Å². The number of hydrogen-bond acceptors (Lipinski definition) is 3. The van der Waals surface area contributed by atoms with Crippen LogP contribution < -0.4 is 10.2 Å². The van der Waals surface area contributed by atoms with Crippen LogP contribution in [0.5, 0.6) is 0 Å². The highest BCUT2D eigenvalue weighted by atomic mass is 19.2. The number of benzene rings is 2. The Morgan fingerprint density at radius 2 is 1.88 bits per heavy atom. The van der Waals surface area contributed by atoms with Gasteiger partial charge in [0.25, 0.3) is 6.47 Å². The average Bonchev–Trinajstić information content (AvgIpc) is 2.56. The van der Waals surface area contributed by atoms with E-state index in [9.17, 15) is 13.6 Å². The van der Waals surface area contributed by atoms with E-state index >= 15 is 0 Å². The van der Waals surface area contributed by atoms with Gasteiger partial charge in [-0.05, 0) is 29.3 Å². The van der Waals surface area contributed by atoms with Gasteiger partial charge in [0.1, 0.15) is 0 Å². The Labute approximate surface area is 143 Å². The lowest BCUT2D eigenvalue weighted by molar-refractivity contribution is -0.123. The molecule has 0 radical (unpaired) electrons. The van der Waals surface area contributed by atoms with Crippen LogP contribution in [0.15, 0.2) is 36.4 Å². The maximum absolute atomic E-state index is 14.1. The van der Waals surface area contributed by atoms with Gasteiger partial charge in [0.15, 0.2) is 11.6 Å². The number of carboxylic acid groups (broad SMARTS) is 1. The molecule has 1 aliphatic rings. The van der Waals surface area contributed by atoms with Crippen molar-refractivity contribution in [2.45, 2.75) is 12.3 Å². The highest BCUT2D eigenvalue weighted by Crippen LogP contribution is 2.39. The van der Waals surface area contributed by atoms with Crippen molar-refractivity contribution in [3.63, 3.8) is 0 Å². The fourth-order valence-electron chi connectivity index (χ4n) is 2.80. The summed E-state index contributed by atoms with van der Waals surface area (Å²) < 4.78 is 27.6. The third-order valence-electron chi connectivity index (χ3n) is 3.95. The molecule has 5 nitrogen and oxygen atoms in total. The molecule has 1 atom stereocenters. The lowest BCUT2D eigenvalue weighted by atomic mass is 9.84. The Morgan fingerprint density at radius 1 is 1.20 bits per heavy atom. The molecule has 25 heavy (non-hydrogen) atoms. The molecule has 2 N–H and O–H groups in total. The third kappa shape index (κ3) is 3.93. The highest BCUT2D eigenvalue weighted by Gasteiger charge is 2.29. The van der Waals surface area contributed by atoms with E-state index in [0.717, 1.165) is 17.3 Å². The number of anilines is 2. The second-order valence-corrected chi connectivity index (χ2v) is 5.72. The Kier molecular flexibility index (Phi) is 5.69. The standard InChI is InChI=1S/C17H16F2N2O.CH2O2/c1-21(2)10-6-7-11-13(9-16(22)20-15(11)8-10)12-4-3-5-14(18)17(12)19;2-1-3/h3-8,13H,9H2,1-2H3,(H,20,22);1H,(H,2,3). The number of carbonyl (C=O) groups is 2. The molecule has 0 aromatic heterocycles. The van der Waals surface area contributed by atoms with Gasteiger partial charge in [0, 0.05) is 37.8 Å². The van der Waals surface area contributed by atoms with Crippen LogP contribution in [0.2, 0.25) is 0 Å². The van der Waals surface area contributed by atoms with Gasteiger partial charge in [0.05, 0.1) is 0 Å². The number of nitrogens with one attached hydrogen (secondary N) is 1. The molecule has 1 amide bonds.